The maximum Gasteiger partial charge on any atom is 0.472 e. The Morgan fingerprint density at radius 3 is 0.811 bits per heavy atom. The van der Waals surface area contributed by atoms with Crippen molar-refractivity contribution in [2.24, 2.45) is 5.73 Å². The van der Waals surface area contributed by atoms with Gasteiger partial charge in [-0.2, -0.15) is 0 Å². The van der Waals surface area contributed by atoms with Gasteiger partial charge in [0.1, 0.15) is 6.61 Å². The average molecular weight is 1340 g/mol. The van der Waals surface area contributed by atoms with E-state index in [0.717, 1.165) is 122 Å². The van der Waals surface area contributed by atoms with E-state index in [1.165, 1.54) is 180 Å². The Bertz CT molecular complexity index is 2120. The van der Waals surface area contributed by atoms with Crippen molar-refractivity contribution in [2.75, 3.05) is 26.4 Å². The Labute approximate surface area is 585 Å². The highest BCUT2D eigenvalue weighted by molar-refractivity contribution is 7.47. The number of nitrogens with two attached hydrogens (primary N) is 1. The zero-order valence-electron chi connectivity index (χ0n) is 61.1. The van der Waals surface area contributed by atoms with Crippen molar-refractivity contribution in [3.05, 3.63) is 158 Å². The van der Waals surface area contributed by atoms with Crippen LogP contribution >= 0.6 is 7.82 Å². The first-order valence-electron chi connectivity index (χ1n) is 39.0. The van der Waals surface area contributed by atoms with Crippen LogP contribution in [0, 0.1) is 0 Å². The number of carbonyl (C=O) groups excluding carboxylic acids is 2. The van der Waals surface area contributed by atoms with Crippen LogP contribution in [0.1, 0.15) is 335 Å². The molecule has 0 aliphatic heterocycles. The van der Waals surface area contributed by atoms with Crippen LogP contribution in [0.15, 0.2) is 158 Å². The normalized spacial score (nSPS) is 13.8. The van der Waals surface area contributed by atoms with Gasteiger partial charge < -0.3 is 20.1 Å². The van der Waals surface area contributed by atoms with E-state index < -0.39 is 26.5 Å². The van der Waals surface area contributed by atoms with Crippen molar-refractivity contribution < 1.29 is 37.6 Å². The van der Waals surface area contributed by atoms with Gasteiger partial charge >= 0.3 is 19.8 Å². The predicted molar refractivity (Wildman–Crippen MR) is 413 cm³/mol. The second-order valence-electron chi connectivity index (χ2n) is 25.5. The molecule has 3 N–H and O–H groups in total. The van der Waals surface area contributed by atoms with E-state index in [1.807, 2.05) is 0 Å². The summed E-state index contributed by atoms with van der Waals surface area (Å²) in [5.74, 6) is -0.823. The molecule has 542 valence electrons. The van der Waals surface area contributed by atoms with E-state index in [9.17, 15) is 19.0 Å². The smallest absolute Gasteiger partial charge is 0.462 e. The minimum absolute atomic E-state index is 0.0488. The Kier molecular flexibility index (Phi) is 75.0. The molecule has 0 aromatic carbocycles. The lowest BCUT2D eigenvalue weighted by molar-refractivity contribution is -0.161. The van der Waals surface area contributed by atoms with Gasteiger partial charge in [0.2, 0.25) is 0 Å². The lowest BCUT2D eigenvalue weighted by Crippen LogP contribution is -2.29. The van der Waals surface area contributed by atoms with Crippen LogP contribution in [0.2, 0.25) is 0 Å². The van der Waals surface area contributed by atoms with E-state index in [-0.39, 0.29) is 38.6 Å². The van der Waals surface area contributed by atoms with Crippen molar-refractivity contribution in [3.8, 4) is 0 Å². The highest BCUT2D eigenvalue weighted by atomic mass is 31.2. The third kappa shape index (κ3) is 78.5. The van der Waals surface area contributed by atoms with Gasteiger partial charge in [-0.1, -0.05) is 358 Å². The number of allylic oxidation sites excluding steroid dienone is 26. The topological polar surface area (TPSA) is 134 Å². The number of ether oxygens (including phenoxy) is 2. The van der Waals surface area contributed by atoms with Crippen LogP contribution in [0.25, 0.3) is 0 Å². The third-order valence-electron chi connectivity index (χ3n) is 16.4. The van der Waals surface area contributed by atoms with E-state index in [4.69, 9.17) is 24.3 Å². The fourth-order valence-electron chi connectivity index (χ4n) is 10.7. The summed E-state index contributed by atoms with van der Waals surface area (Å²) in [4.78, 5) is 35.5. The molecular formula is C85H144NO8P. The molecule has 0 heterocycles. The maximum absolute atomic E-state index is 12.8. The number of unbranched alkanes of at least 4 members (excludes halogenated alkanes) is 33. The summed E-state index contributed by atoms with van der Waals surface area (Å²) < 4.78 is 33.3. The quantitative estimate of drug-likeness (QED) is 0.0264. The van der Waals surface area contributed by atoms with Crippen molar-refractivity contribution in [3.63, 3.8) is 0 Å². The molecule has 0 bridgehead atoms. The minimum atomic E-state index is -4.40. The van der Waals surface area contributed by atoms with E-state index in [2.05, 4.69) is 172 Å². The number of phosphoric ester groups is 1. The maximum atomic E-state index is 12.8. The first kappa shape index (κ1) is 90.6. The molecule has 0 aromatic heterocycles. The van der Waals surface area contributed by atoms with E-state index >= 15 is 0 Å². The molecule has 2 atom stereocenters. The van der Waals surface area contributed by atoms with Crippen molar-refractivity contribution >= 4 is 19.8 Å². The molecule has 0 aromatic rings. The first-order chi connectivity index (χ1) is 46.8. The summed E-state index contributed by atoms with van der Waals surface area (Å²) in [6, 6.07) is 0. The molecule has 0 radical (unpaired) electrons. The van der Waals surface area contributed by atoms with Crippen molar-refractivity contribution in [1.29, 1.82) is 0 Å². The van der Waals surface area contributed by atoms with Crippen LogP contribution in [0.3, 0.4) is 0 Å². The predicted octanol–water partition coefficient (Wildman–Crippen LogP) is 26.3. The summed E-state index contributed by atoms with van der Waals surface area (Å²) in [6.45, 7) is 3.54. The number of hydrogen-bond acceptors (Lipinski definition) is 8. The summed E-state index contributed by atoms with van der Waals surface area (Å²) in [5.41, 5.74) is 5.41. The van der Waals surface area contributed by atoms with Gasteiger partial charge in [0.25, 0.3) is 0 Å². The molecule has 0 saturated carbocycles. The number of hydrogen-bond donors (Lipinski definition) is 2. The zero-order valence-corrected chi connectivity index (χ0v) is 62.0. The number of carbonyl (C=O) groups is 2. The summed E-state index contributed by atoms with van der Waals surface area (Å²) in [7, 11) is -4.40. The molecule has 2 unspecified atom stereocenters. The highest BCUT2D eigenvalue weighted by Gasteiger charge is 2.26. The molecule has 95 heavy (non-hydrogen) atoms. The van der Waals surface area contributed by atoms with Gasteiger partial charge in [0.15, 0.2) is 6.10 Å². The fraction of sp³-hybridized carbons (Fsp3) is 0.671. The van der Waals surface area contributed by atoms with Crippen LogP contribution in [-0.2, 0) is 32.7 Å². The molecule has 0 aliphatic carbocycles. The Morgan fingerprint density at radius 1 is 0.316 bits per heavy atom. The van der Waals surface area contributed by atoms with Gasteiger partial charge in [-0.15, -0.1) is 0 Å². The molecule has 0 rings (SSSR count). The third-order valence-corrected chi connectivity index (χ3v) is 17.4. The van der Waals surface area contributed by atoms with Crippen LogP contribution in [-0.4, -0.2) is 49.3 Å². The second-order valence-corrected chi connectivity index (χ2v) is 26.9. The lowest BCUT2D eigenvalue weighted by atomic mass is 10.0. The Balaban J connectivity index is 3.86. The summed E-state index contributed by atoms with van der Waals surface area (Å²) in [5, 5.41) is 0. The van der Waals surface area contributed by atoms with Gasteiger partial charge in [0.05, 0.1) is 13.2 Å². The molecule has 0 aliphatic rings. The van der Waals surface area contributed by atoms with Crippen molar-refractivity contribution in [2.45, 2.75) is 341 Å². The molecular weight excluding hydrogens is 1190 g/mol. The first-order valence-corrected chi connectivity index (χ1v) is 40.5. The van der Waals surface area contributed by atoms with Gasteiger partial charge in [-0.3, -0.25) is 18.6 Å². The van der Waals surface area contributed by atoms with Crippen LogP contribution in [0.4, 0.5) is 0 Å². The SMILES string of the molecule is CC/C=C\C/C=C\C/C=C\C/C=C\C/C=C\C/C=C\C/C=C\C/C=C\C/C=C\CCCCCCCCCCCCCCCC(=O)OC(COC(=O)CCCCCCCCCCCCCCCCCCCCCC/C=C\C/C=C\C/C=C\C/C=C\CC)COP(=O)(O)OCCN. The van der Waals surface area contributed by atoms with Gasteiger partial charge in [-0.05, 0) is 122 Å². The fourth-order valence-corrected chi connectivity index (χ4v) is 11.5. The van der Waals surface area contributed by atoms with E-state index in [1.54, 1.807) is 0 Å². The minimum Gasteiger partial charge on any atom is -0.462 e. The summed E-state index contributed by atoms with van der Waals surface area (Å²) >= 11 is 0. The molecule has 0 fully saturated rings. The zero-order chi connectivity index (χ0) is 68.6. The van der Waals surface area contributed by atoms with E-state index in [0.29, 0.717) is 6.42 Å². The monoisotopic (exact) mass is 1340 g/mol. The standard InChI is InChI=1S/C85H144NO8P/c1-3-5-7-9-11-13-15-17-19-21-23-25-27-29-31-33-35-37-38-39-40-41-42-43-44-46-48-50-52-54-56-58-60-62-64-66-68-70-72-74-76-78-85(88)94-83(82-93-95(89,90)92-80-79-86)81-91-84(87)77-75-73-71-69-67-65-63-61-59-57-55-53-51-49-47-45-36-34-32-30-28-26-24-22-20-18-16-14-12-10-8-6-4-2/h5-8,11-14,17-20,23-26,29,31,35,37,39-40,42-43,46,48,83H,3-4,9-10,15-16,21-22,27-28,30,32-34,36,38,41,44-45,47,49-82,86H2,1-2H3,(H,89,90)/b7-5-,8-6-,13-11-,14-12-,19-17-,20-18-,25-23-,26-24-,31-29-,37-35-,40-39-,43-42-,48-46-. The largest absolute Gasteiger partial charge is 0.472 e. The Hall–Kier alpha value is -4.37. The summed E-state index contributed by atoms with van der Waals surface area (Å²) in [6.07, 6.45) is 115. The second kappa shape index (κ2) is 78.6. The van der Waals surface area contributed by atoms with Crippen LogP contribution in [0.5, 0.6) is 0 Å². The lowest BCUT2D eigenvalue weighted by Gasteiger charge is -2.19. The number of phosphoric acid groups is 1. The molecule has 0 amide bonds. The highest BCUT2D eigenvalue weighted by Crippen LogP contribution is 2.43. The number of rotatable bonds is 72. The van der Waals surface area contributed by atoms with Gasteiger partial charge in [-0.25, -0.2) is 4.57 Å². The Morgan fingerprint density at radius 2 is 0.547 bits per heavy atom. The molecule has 0 saturated heterocycles. The van der Waals surface area contributed by atoms with Gasteiger partial charge in [0, 0.05) is 19.4 Å². The van der Waals surface area contributed by atoms with Crippen molar-refractivity contribution in [1.82, 2.24) is 0 Å². The molecule has 10 heteroatoms. The number of esters is 2. The van der Waals surface area contributed by atoms with Crippen LogP contribution < -0.4 is 5.73 Å². The molecule has 9 nitrogen and oxygen atoms in total. The average Bonchev–Trinajstić information content (AvgIpc) is 2.75. The molecule has 0 spiro atoms.